The minimum absolute atomic E-state index is 0.0277. The molecule has 0 radical (unpaired) electrons. The Labute approximate surface area is 142 Å². The van der Waals surface area contributed by atoms with E-state index in [0.29, 0.717) is 0 Å². The van der Waals surface area contributed by atoms with E-state index in [-0.39, 0.29) is 46.1 Å². The molecular weight excluding hydrogens is 300 g/mol. The zero-order valence-electron chi connectivity index (χ0n) is 15.2. The standard InChI is InChI=1S/C20H24N2O2/c1-9-7-11(13-15(17(9)23)19(13,3)4)21-22-12-8-10(2)18(24)16-14(12)20(16,5)6/h7-8,13-16H,1-6H3/b21-11+,22-12+. The van der Waals surface area contributed by atoms with Crippen LogP contribution in [0.15, 0.2) is 33.5 Å². The second-order valence-electron chi connectivity index (χ2n) is 8.99. The summed E-state index contributed by atoms with van der Waals surface area (Å²) in [5.41, 5.74) is 3.31. The molecule has 2 fully saturated rings. The molecule has 0 amide bonds. The Bertz CT molecular complexity index is 739. The van der Waals surface area contributed by atoms with Crippen LogP contribution in [-0.2, 0) is 9.59 Å². The van der Waals surface area contributed by atoms with Crippen LogP contribution in [-0.4, -0.2) is 23.0 Å². The first kappa shape index (κ1) is 15.7. The highest BCUT2D eigenvalue weighted by Gasteiger charge is 2.66. The first-order valence-electron chi connectivity index (χ1n) is 8.69. The molecule has 4 heteroatoms. The molecule has 4 rings (SSSR count). The topological polar surface area (TPSA) is 58.9 Å². The van der Waals surface area contributed by atoms with Crippen LogP contribution in [0.4, 0.5) is 0 Å². The smallest absolute Gasteiger partial charge is 0.162 e. The van der Waals surface area contributed by atoms with Crippen molar-refractivity contribution in [3.63, 3.8) is 0 Å². The summed E-state index contributed by atoms with van der Waals surface area (Å²) in [7, 11) is 0. The van der Waals surface area contributed by atoms with Crippen molar-refractivity contribution in [1.82, 2.24) is 0 Å². The predicted molar refractivity (Wildman–Crippen MR) is 93.9 cm³/mol. The average molecular weight is 324 g/mol. The maximum atomic E-state index is 12.3. The van der Waals surface area contributed by atoms with Gasteiger partial charge in [0.2, 0.25) is 0 Å². The molecule has 4 atom stereocenters. The van der Waals surface area contributed by atoms with Gasteiger partial charge in [-0.1, -0.05) is 27.7 Å². The van der Waals surface area contributed by atoms with Gasteiger partial charge in [0.05, 0.1) is 11.4 Å². The molecule has 0 N–H and O–H groups in total. The first-order valence-corrected chi connectivity index (χ1v) is 8.69. The molecule has 0 saturated heterocycles. The van der Waals surface area contributed by atoms with E-state index in [1.807, 2.05) is 26.0 Å². The lowest BCUT2D eigenvalue weighted by molar-refractivity contribution is -0.118. The fourth-order valence-electron chi connectivity index (χ4n) is 4.91. The second kappa shape index (κ2) is 4.41. The van der Waals surface area contributed by atoms with Crippen molar-refractivity contribution in [2.45, 2.75) is 41.5 Å². The molecule has 2 saturated carbocycles. The SMILES string of the molecule is CC1=C/C(=N\N=C2/C=C(C)C(=O)C3C2C3(C)C)C2C(C1=O)C2(C)C. The first-order chi connectivity index (χ1) is 11.1. The summed E-state index contributed by atoms with van der Waals surface area (Å²) in [6.07, 6.45) is 3.78. The summed E-state index contributed by atoms with van der Waals surface area (Å²) in [5, 5.41) is 9.06. The van der Waals surface area contributed by atoms with Crippen LogP contribution >= 0.6 is 0 Å². The monoisotopic (exact) mass is 324 g/mol. The Morgan fingerprint density at radius 3 is 1.38 bits per heavy atom. The zero-order valence-corrected chi connectivity index (χ0v) is 15.2. The summed E-state index contributed by atoms with van der Waals surface area (Å²) in [6, 6.07) is 0. The summed E-state index contributed by atoms with van der Waals surface area (Å²) in [4.78, 5) is 24.5. The lowest BCUT2D eigenvalue weighted by atomic mass is 9.98. The Hall–Kier alpha value is -1.84. The normalized spacial score (nSPS) is 41.6. The van der Waals surface area contributed by atoms with Crippen molar-refractivity contribution in [2.24, 2.45) is 44.7 Å². The van der Waals surface area contributed by atoms with Crippen LogP contribution in [0, 0.1) is 34.5 Å². The van der Waals surface area contributed by atoms with Gasteiger partial charge in [0.15, 0.2) is 11.6 Å². The molecule has 126 valence electrons. The number of fused-ring (bicyclic) bond motifs is 2. The summed E-state index contributed by atoms with van der Waals surface area (Å²) < 4.78 is 0. The fourth-order valence-corrected chi connectivity index (χ4v) is 4.91. The van der Waals surface area contributed by atoms with Crippen LogP contribution in [0.3, 0.4) is 0 Å². The Balaban J connectivity index is 1.71. The maximum absolute atomic E-state index is 12.3. The number of carbonyl (C=O) groups is 2. The van der Waals surface area contributed by atoms with E-state index in [4.69, 9.17) is 0 Å². The number of nitrogens with zero attached hydrogens (tertiary/aromatic N) is 2. The lowest BCUT2D eigenvalue weighted by Gasteiger charge is -2.10. The number of allylic oxidation sites excluding steroid dienone is 4. The predicted octanol–water partition coefficient (Wildman–Crippen LogP) is 3.39. The minimum Gasteiger partial charge on any atom is -0.294 e. The van der Waals surface area contributed by atoms with Crippen molar-refractivity contribution in [3.8, 4) is 0 Å². The lowest BCUT2D eigenvalue weighted by Crippen LogP contribution is -2.17. The molecule has 0 bridgehead atoms. The minimum atomic E-state index is -0.0277. The number of ketones is 2. The molecule has 4 aliphatic rings. The third kappa shape index (κ3) is 1.86. The van der Waals surface area contributed by atoms with E-state index in [2.05, 4.69) is 37.9 Å². The molecular formula is C20H24N2O2. The molecule has 0 spiro atoms. The van der Waals surface area contributed by atoms with E-state index in [9.17, 15) is 9.59 Å². The Morgan fingerprint density at radius 2 is 1.04 bits per heavy atom. The molecule has 4 unspecified atom stereocenters. The van der Waals surface area contributed by atoms with Crippen LogP contribution < -0.4 is 0 Å². The van der Waals surface area contributed by atoms with E-state index < -0.39 is 0 Å². The number of Topliss-reactive ketones (excluding diaryl/α,β-unsaturated/α-hetero) is 2. The van der Waals surface area contributed by atoms with Crippen molar-refractivity contribution in [3.05, 3.63) is 23.3 Å². The quantitative estimate of drug-likeness (QED) is 0.694. The van der Waals surface area contributed by atoms with E-state index in [0.717, 1.165) is 22.6 Å². The largest absolute Gasteiger partial charge is 0.294 e. The number of hydrogen-bond donors (Lipinski definition) is 0. The van der Waals surface area contributed by atoms with Gasteiger partial charge in [-0.3, -0.25) is 9.59 Å². The van der Waals surface area contributed by atoms with Crippen LogP contribution in [0.2, 0.25) is 0 Å². The molecule has 0 aliphatic heterocycles. The van der Waals surface area contributed by atoms with E-state index >= 15 is 0 Å². The third-order valence-electron chi connectivity index (χ3n) is 6.64. The van der Waals surface area contributed by atoms with Crippen LogP contribution in [0.5, 0.6) is 0 Å². The Morgan fingerprint density at radius 1 is 0.708 bits per heavy atom. The van der Waals surface area contributed by atoms with Gasteiger partial charge in [-0.15, -0.1) is 0 Å². The highest BCUT2D eigenvalue weighted by molar-refractivity contribution is 6.18. The van der Waals surface area contributed by atoms with Gasteiger partial charge in [0.1, 0.15) is 0 Å². The summed E-state index contributed by atoms with van der Waals surface area (Å²) in [5.74, 6) is 0.958. The van der Waals surface area contributed by atoms with Gasteiger partial charge in [0, 0.05) is 23.7 Å². The Kier molecular flexibility index (Phi) is 2.88. The third-order valence-corrected chi connectivity index (χ3v) is 6.64. The molecule has 4 aliphatic carbocycles. The van der Waals surface area contributed by atoms with Gasteiger partial charge >= 0.3 is 0 Å². The molecule has 0 aromatic carbocycles. The average Bonchev–Trinajstić information content (AvgIpc) is 3.27. The van der Waals surface area contributed by atoms with Gasteiger partial charge in [-0.2, -0.15) is 10.2 Å². The molecule has 0 heterocycles. The number of hydrogen-bond acceptors (Lipinski definition) is 4. The maximum Gasteiger partial charge on any atom is 0.162 e. The number of rotatable bonds is 1. The summed E-state index contributed by atoms with van der Waals surface area (Å²) >= 11 is 0. The van der Waals surface area contributed by atoms with Gasteiger partial charge in [-0.25, -0.2) is 0 Å². The highest BCUT2D eigenvalue weighted by Crippen LogP contribution is 2.63. The van der Waals surface area contributed by atoms with E-state index in [1.54, 1.807) is 0 Å². The molecule has 0 aromatic heterocycles. The fraction of sp³-hybridized carbons (Fsp3) is 0.600. The van der Waals surface area contributed by atoms with Crippen molar-refractivity contribution in [2.75, 3.05) is 0 Å². The molecule has 0 aromatic rings. The van der Waals surface area contributed by atoms with Gasteiger partial charge in [0.25, 0.3) is 0 Å². The van der Waals surface area contributed by atoms with Crippen molar-refractivity contribution < 1.29 is 9.59 Å². The van der Waals surface area contributed by atoms with Crippen LogP contribution in [0.1, 0.15) is 41.5 Å². The second-order valence-corrected chi connectivity index (χ2v) is 8.99. The van der Waals surface area contributed by atoms with Crippen molar-refractivity contribution >= 4 is 23.0 Å². The van der Waals surface area contributed by atoms with Gasteiger partial charge in [-0.05, 0) is 48.0 Å². The summed E-state index contributed by atoms with van der Waals surface area (Å²) in [6.45, 7) is 12.2. The molecule has 24 heavy (non-hydrogen) atoms. The van der Waals surface area contributed by atoms with Crippen LogP contribution in [0.25, 0.3) is 0 Å². The highest BCUT2D eigenvalue weighted by atomic mass is 16.1. The van der Waals surface area contributed by atoms with E-state index in [1.165, 1.54) is 0 Å². The number of carbonyl (C=O) groups excluding carboxylic acids is 2. The van der Waals surface area contributed by atoms with Crippen molar-refractivity contribution in [1.29, 1.82) is 0 Å². The van der Waals surface area contributed by atoms with Gasteiger partial charge < -0.3 is 0 Å². The molecule has 4 nitrogen and oxygen atoms in total. The zero-order chi connectivity index (χ0) is 17.6.